The van der Waals surface area contributed by atoms with E-state index in [-0.39, 0.29) is 0 Å². The molecule has 27 heavy (non-hydrogen) atoms. The molecule has 6 heteroatoms. The van der Waals surface area contributed by atoms with Crippen molar-refractivity contribution in [1.82, 2.24) is 9.62 Å². The maximum absolute atomic E-state index is 12.6. The summed E-state index contributed by atoms with van der Waals surface area (Å²) in [5, 5.41) is 0. The summed E-state index contributed by atoms with van der Waals surface area (Å²) >= 11 is 0. The molecular weight excluding hydrogens is 360 g/mol. The van der Waals surface area contributed by atoms with Crippen LogP contribution in [0.5, 0.6) is 0 Å². The van der Waals surface area contributed by atoms with Gasteiger partial charge >= 0.3 is 0 Å². The largest absolute Gasteiger partial charge is 0.383 e. The van der Waals surface area contributed by atoms with E-state index in [2.05, 4.69) is 9.62 Å². The maximum atomic E-state index is 12.6. The molecule has 5 nitrogen and oxygen atoms in total. The fourth-order valence-electron chi connectivity index (χ4n) is 3.40. The van der Waals surface area contributed by atoms with E-state index in [0.717, 1.165) is 50.2 Å². The number of piperidine rings is 1. The van der Waals surface area contributed by atoms with Crippen LogP contribution in [-0.2, 0) is 14.8 Å². The first-order valence-corrected chi connectivity index (χ1v) is 10.9. The van der Waals surface area contributed by atoms with Crippen LogP contribution in [0.1, 0.15) is 12.8 Å². The number of hydrogen-bond donors (Lipinski definition) is 1. The Morgan fingerprint density at radius 3 is 2.26 bits per heavy atom. The van der Waals surface area contributed by atoms with E-state index in [4.69, 9.17) is 4.74 Å². The third kappa shape index (κ3) is 5.62. The van der Waals surface area contributed by atoms with Crippen molar-refractivity contribution in [2.45, 2.75) is 17.7 Å². The number of likely N-dealkylation sites (tertiary alicyclic amines) is 1. The van der Waals surface area contributed by atoms with Gasteiger partial charge in [-0.3, -0.25) is 0 Å². The molecule has 1 saturated heterocycles. The van der Waals surface area contributed by atoms with Crippen molar-refractivity contribution >= 4 is 10.0 Å². The minimum atomic E-state index is -3.47. The van der Waals surface area contributed by atoms with E-state index in [1.807, 2.05) is 42.5 Å². The van der Waals surface area contributed by atoms with Crippen LogP contribution in [0.4, 0.5) is 0 Å². The van der Waals surface area contributed by atoms with E-state index in [1.165, 1.54) is 0 Å². The highest BCUT2D eigenvalue weighted by Gasteiger charge is 2.21. The van der Waals surface area contributed by atoms with Gasteiger partial charge in [-0.2, -0.15) is 0 Å². The van der Waals surface area contributed by atoms with Crippen LogP contribution in [0.15, 0.2) is 59.5 Å². The molecule has 0 saturated carbocycles. The minimum absolute atomic E-state index is 0.319. The van der Waals surface area contributed by atoms with Gasteiger partial charge in [0.25, 0.3) is 0 Å². The molecule has 146 valence electrons. The van der Waals surface area contributed by atoms with Crippen molar-refractivity contribution in [3.05, 3.63) is 54.6 Å². The molecule has 1 N–H and O–H groups in total. The first-order chi connectivity index (χ1) is 13.1. The van der Waals surface area contributed by atoms with Gasteiger partial charge in [-0.15, -0.1) is 0 Å². The summed E-state index contributed by atoms with van der Waals surface area (Å²) in [4.78, 5) is 2.69. The van der Waals surface area contributed by atoms with E-state index < -0.39 is 10.0 Å². The summed E-state index contributed by atoms with van der Waals surface area (Å²) < 4.78 is 33.1. The van der Waals surface area contributed by atoms with E-state index in [0.29, 0.717) is 17.4 Å². The Morgan fingerprint density at radius 2 is 1.63 bits per heavy atom. The predicted octanol–water partition coefficient (Wildman–Crippen LogP) is 2.99. The second-order valence-electron chi connectivity index (χ2n) is 7.02. The lowest BCUT2D eigenvalue weighted by molar-refractivity contribution is 0.121. The zero-order chi connectivity index (χ0) is 19.1. The second-order valence-corrected chi connectivity index (χ2v) is 8.79. The average Bonchev–Trinajstić information content (AvgIpc) is 2.72. The number of sulfonamides is 1. The molecule has 0 amide bonds. The first-order valence-electron chi connectivity index (χ1n) is 9.45. The van der Waals surface area contributed by atoms with E-state index in [9.17, 15) is 8.42 Å². The van der Waals surface area contributed by atoms with Crippen LogP contribution in [0.25, 0.3) is 11.1 Å². The normalized spacial score (nSPS) is 16.5. The fourth-order valence-corrected chi connectivity index (χ4v) is 4.52. The summed E-state index contributed by atoms with van der Waals surface area (Å²) in [6, 6.07) is 17.0. The van der Waals surface area contributed by atoms with E-state index >= 15 is 0 Å². The molecule has 1 fully saturated rings. The Bertz CT molecular complexity index is 799. The summed E-state index contributed by atoms with van der Waals surface area (Å²) in [6.07, 6.45) is 2.03. The van der Waals surface area contributed by atoms with Crippen molar-refractivity contribution in [3.8, 4) is 11.1 Å². The lowest BCUT2D eigenvalue weighted by Crippen LogP contribution is -2.39. The SMILES string of the molecule is COCCN1CCC(CNS(=O)(=O)c2ccc(-c3ccccc3)cc2)CC1. The van der Waals surface area contributed by atoms with Gasteiger partial charge in [0.1, 0.15) is 0 Å². The molecular formula is C21H28N2O3S. The fraction of sp³-hybridized carbons (Fsp3) is 0.429. The number of nitrogens with zero attached hydrogens (tertiary/aromatic N) is 1. The lowest BCUT2D eigenvalue weighted by Gasteiger charge is -2.31. The van der Waals surface area contributed by atoms with Crippen molar-refractivity contribution in [3.63, 3.8) is 0 Å². The topological polar surface area (TPSA) is 58.6 Å². The first kappa shape index (κ1) is 20.0. The van der Waals surface area contributed by atoms with Gasteiger partial charge in [0.15, 0.2) is 0 Å². The van der Waals surface area contributed by atoms with Crippen molar-refractivity contribution < 1.29 is 13.2 Å². The van der Waals surface area contributed by atoms with Gasteiger partial charge in [-0.25, -0.2) is 13.1 Å². The van der Waals surface area contributed by atoms with Gasteiger partial charge in [0.05, 0.1) is 11.5 Å². The molecule has 0 aromatic heterocycles. The highest BCUT2D eigenvalue weighted by Crippen LogP contribution is 2.21. The average molecular weight is 389 g/mol. The van der Waals surface area contributed by atoms with Crippen LogP contribution >= 0.6 is 0 Å². The Morgan fingerprint density at radius 1 is 1.00 bits per heavy atom. The predicted molar refractivity (Wildman–Crippen MR) is 108 cm³/mol. The Labute approximate surface area is 162 Å². The number of ether oxygens (including phenoxy) is 1. The zero-order valence-corrected chi connectivity index (χ0v) is 16.6. The molecule has 0 aliphatic carbocycles. The van der Waals surface area contributed by atoms with Crippen LogP contribution in [0.2, 0.25) is 0 Å². The lowest BCUT2D eigenvalue weighted by atomic mass is 9.97. The van der Waals surface area contributed by atoms with Gasteiger partial charge in [-0.1, -0.05) is 42.5 Å². The zero-order valence-electron chi connectivity index (χ0n) is 15.8. The third-order valence-electron chi connectivity index (χ3n) is 5.15. The number of nitrogens with one attached hydrogen (secondary N) is 1. The van der Waals surface area contributed by atoms with Gasteiger partial charge in [0.2, 0.25) is 10.0 Å². The molecule has 0 atom stereocenters. The van der Waals surface area contributed by atoms with E-state index in [1.54, 1.807) is 19.2 Å². The Kier molecular flexibility index (Phi) is 7.01. The van der Waals surface area contributed by atoms with Crippen molar-refractivity contribution in [2.24, 2.45) is 5.92 Å². The van der Waals surface area contributed by atoms with Gasteiger partial charge < -0.3 is 9.64 Å². The summed E-state index contributed by atoms with van der Waals surface area (Å²) in [5.74, 6) is 0.391. The number of benzene rings is 2. The summed E-state index contributed by atoms with van der Waals surface area (Å²) in [5.41, 5.74) is 2.09. The van der Waals surface area contributed by atoms with Crippen LogP contribution in [-0.4, -0.2) is 53.2 Å². The highest BCUT2D eigenvalue weighted by molar-refractivity contribution is 7.89. The molecule has 1 heterocycles. The second kappa shape index (κ2) is 9.46. The highest BCUT2D eigenvalue weighted by atomic mass is 32.2. The Hall–Kier alpha value is -1.73. The minimum Gasteiger partial charge on any atom is -0.383 e. The van der Waals surface area contributed by atoms with Crippen LogP contribution in [0, 0.1) is 5.92 Å². The number of methoxy groups -OCH3 is 1. The maximum Gasteiger partial charge on any atom is 0.240 e. The van der Waals surface area contributed by atoms with Crippen molar-refractivity contribution in [2.75, 3.05) is 39.9 Å². The molecule has 3 rings (SSSR count). The molecule has 0 bridgehead atoms. The quantitative estimate of drug-likeness (QED) is 0.755. The smallest absolute Gasteiger partial charge is 0.240 e. The molecule has 0 unspecified atom stereocenters. The number of hydrogen-bond acceptors (Lipinski definition) is 4. The number of rotatable bonds is 8. The monoisotopic (exact) mass is 388 g/mol. The molecule has 2 aromatic carbocycles. The summed E-state index contributed by atoms with van der Waals surface area (Å²) in [6.45, 7) is 4.20. The van der Waals surface area contributed by atoms with Crippen molar-refractivity contribution in [1.29, 1.82) is 0 Å². The molecule has 1 aliphatic heterocycles. The Balaban J connectivity index is 1.53. The van der Waals surface area contributed by atoms with Gasteiger partial charge in [0, 0.05) is 20.2 Å². The third-order valence-corrected chi connectivity index (χ3v) is 6.59. The standard InChI is InChI=1S/C21H28N2O3S/c1-26-16-15-23-13-11-18(12-14-23)17-22-27(24,25)21-9-7-20(8-10-21)19-5-3-2-4-6-19/h2-10,18,22H,11-17H2,1H3. The molecule has 2 aromatic rings. The summed E-state index contributed by atoms with van der Waals surface area (Å²) in [7, 11) is -1.75. The van der Waals surface area contributed by atoms with Gasteiger partial charge in [-0.05, 0) is 55.1 Å². The molecule has 1 aliphatic rings. The van der Waals surface area contributed by atoms with Crippen LogP contribution < -0.4 is 4.72 Å². The molecule has 0 spiro atoms. The van der Waals surface area contributed by atoms with Crippen LogP contribution in [0.3, 0.4) is 0 Å². The molecule has 0 radical (unpaired) electrons.